The Morgan fingerprint density at radius 2 is 2.00 bits per heavy atom. The summed E-state index contributed by atoms with van der Waals surface area (Å²) in [7, 11) is 1.30. The smallest absolute Gasteiger partial charge is 0.339 e. The third kappa shape index (κ3) is 5.01. The molecule has 0 aliphatic carbocycles. The molecule has 5 nitrogen and oxygen atoms in total. The normalized spacial score (nSPS) is 10.3. The zero-order valence-electron chi connectivity index (χ0n) is 12.2. The van der Waals surface area contributed by atoms with E-state index >= 15 is 0 Å². The Hall–Kier alpha value is -2.51. The minimum absolute atomic E-state index is 0.0992. The van der Waals surface area contributed by atoms with E-state index in [-0.39, 0.29) is 11.0 Å². The molecule has 0 spiro atoms. The number of carbonyl (C=O) groups excluding carboxylic acids is 2. The molecule has 1 aromatic carbocycles. The van der Waals surface area contributed by atoms with E-state index in [1.165, 1.54) is 24.5 Å². The van der Waals surface area contributed by atoms with Crippen LogP contribution in [0, 0.1) is 0 Å². The van der Waals surface area contributed by atoms with Gasteiger partial charge in [-0.15, -0.1) is 11.3 Å². The highest BCUT2D eigenvalue weighted by molar-refractivity contribution is 7.80. The van der Waals surface area contributed by atoms with Gasteiger partial charge in [0.1, 0.15) is 0 Å². The van der Waals surface area contributed by atoms with Crippen LogP contribution in [0.1, 0.15) is 15.2 Å². The number of methoxy groups -OCH3 is 1. The summed E-state index contributed by atoms with van der Waals surface area (Å²) in [6, 6.07) is 10.5. The van der Waals surface area contributed by atoms with Crippen LogP contribution in [0.3, 0.4) is 0 Å². The first kappa shape index (κ1) is 16.9. The van der Waals surface area contributed by atoms with Crippen molar-refractivity contribution >= 4 is 52.3 Å². The van der Waals surface area contributed by atoms with Gasteiger partial charge in [-0.3, -0.25) is 10.1 Å². The molecule has 0 bridgehead atoms. The number of hydrogen-bond acceptors (Lipinski definition) is 5. The molecule has 2 N–H and O–H groups in total. The topological polar surface area (TPSA) is 67.4 Å². The molecule has 0 aliphatic rings. The predicted octanol–water partition coefficient (Wildman–Crippen LogP) is 3.06. The molecule has 0 saturated heterocycles. The molecule has 7 heteroatoms. The molecule has 0 atom stereocenters. The Balaban J connectivity index is 1.97. The van der Waals surface area contributed by atoms with Crippen molar-refractivity contribution in [2.75, 3.05) is 12.4 Å². The number of thiophene rings is 1. The summed E-state index contributed by atoms with van der Waals surface area (Å²) in [5.41, 5.74) is 0.799. The Morgan fingerprint density at radius 1 is 1.22 bits per heavy atom. The fraction of sp³-hybridized carbons (Fsp3) is 0.0625. The zero-order valence-corrected chi connectivity index (χ0v) is 13.9. The zero-order chi connectivity index (χ0) is 16.7. The van der Waals surface area contributed by atoms with Crippen LogP contribution in [-0.2, 0) is 9.53 Å². The minimum atomic E-state index is -0.486. The van der Waals surface area contributed by atoms with Crippen LogP contribution < -0.4 is 10.6 Å². The first-order chi connectivity index (χ1) is 11.1. The van der Waals surface area contributed by atoms with E-state index in [4.69, 9.17) is 17.0 Å². The fourth-order valence-corrected chi connectivity index (χ4v) is 2.56. The van der Waals surface area contributed by atoms with Gasteiger partial charge < -0.3 is 10.1 Å². The monoisotopic (exact) mass is 346 g/mol. The average molecular weight is 346 g/mol. The van der Waals surface area contributed by atoms with Gasteiger partial charge in [0.15, 0.2) is 5.11 Å². The summed E-state index contributed by atoms with van der Waals surface area (Å²) in [5, 5.41) is 7.36. The van der Waals surface area contributed by atoms with Crippen molar-refractivity contribution in [3.05, 3.63) is 58.3 Å². The van der Waals surface area contributed by atoms with E-state index in [2.05, 4.69) is 10.6 Å². The summed E-state index contributed by atoms with van der Waals surface area (Å²) >= 11 is 6.61. The van der Waals surface area contributed by atoms with Crippen LogP contribution in [0.2, 0.25) is 0 Å². The molecule has 0 unspecified atom stereocenters. The van der Waals surface area contributed by atoms with Gasteiger partial charge in [0.2, 0.25) is 5.91 Å². The van der Waals surface area contributed by atoms with Crippen LogP contribution in [-0.4, -0.2) is 24.1 Å². The molecule has 1 aromatic heterocycles. The van der Waals surface area contributed by atoms with Gasteiger partial charge in [-0.25, -0.2) is 4.79 Å². The maximum Gasteiger partial charge on any atom is 0.339 e. The van der Waals surface area contributed by atoms with E-state index in [1.54, 1.807) is 30.3 Å². The maximum atomic E-state index is 11.8. The summed E-state index contributed by atoms with van der Waals surface area (Å²) in [6.07, 6.45) is 3.09. The third-order valence-electron chi connectivity index (χ3n) is 2.76. The fourth-order valence-electron chi connectivity index (χ4n) is 1.73. The van der Waals surface area contributed by atoms with Gasteiger partial charge >= 0.3 is 5.97 Å². The van der Waals surface area contributed by atoms with Gasteiger partial charge in [0, 0.05) is 11.0 Å². The van der Waals surface area contributed by atoms with Gasteiger partial charge in [-0.2, -0.15) is 0 Å². The predicted molar refractivity (Wildman–Crippen MR) is 95.5 cm³/mol. The second kappa shape index (κ2) is 8.21. The first-order valence-corrected chi connectivity index (χ1v) is 7.90. The Bertz CT molecular complexity index is 740. The molecule has 118 valence electrons. The number of para-hydroxylation sites is 1. The summed E-state index contributed by atoms with van der Waals surface area (Å²) in [5.74, 6) is -0.841. The Kier molecular flexibility index (Phi) is 6.02. The second-order valence-corrected chi connectivity index (χ2v) is 5.72. The minimum Gasteiger partial charge on any atom is -0.465 e. The number of amides is 1. The summed E-state index contributed by atoms with van der Waals surface area (Å²) in [4.78, 5) is 24.4. The number of rotatable bonds is 4. The number of carbonyl (C=O) groups is 2. The molecule has 2 aromatic rings. The quantitative estimate of drug-likeness (QED) is 0.506. The van der Waals surface area contributed by atoms with Crippen molar-refractivity contribution < 1.29 is 14.3 Å². The average Bonchev–Trinajstić information content (AvgIpc) is 3.06. The lowest BCUT2D eigenvalue weighted by Gasteiger charge is -2.11. The lowest BCUT2D eigenvalue weighted by atomic mass is 10.2. The number of anilines is 1. The van der Waals surface area contributed by atoms with Crippen LogP contribution in [0.4, 0.5) is 5.69 Å². The van der Waals surface area contributed by atoms with Crippen molar-refractivity contribution in [2.45, 2.75) is 0 Å². The highest BCUT2D eigenvalue weighted by atomic mass is 32.1. The largest absolute Gasteiger partial charge is 0.465 e. The molecule has 23 heavy (non-hydrogen) atoms. The molecular weight excluding hydrogens is 332 g/mol. The van der Waals surface area contributed by atoms with E-state index in [1.807, 2.05) is 17.5 Å². The van der Waals surface area contributed by atoms with E-state index in [0.29, 0.717) is 11.3 Å². The number of thiocarbonyl (C=S) groups is 1. The highest BCUT2D eigenvalue weighted by Gasteiger charge is 2.12. The highest BCUT2D eigenvalue weighted by Crippen LogP contribution is 2.15. The number of ether oxygens (including phenoxy) is 1. The summed E-state index contributed by atoms with van der Waals surface area (Å²) < 4.78 is 4.70. The van der Waals surface area contributed by atoms with Gasteiger partial charge in [-0.05, 0) is 41.9 Å². The Morgan fingerprint density at radius 3 is 2.70 bits per heavy atom. The molecule has 1 heterocycles. The van der Waals surface area contributed by atoms with Crippen molar-refractivity contribution in [2.24, 2.45) is 0 Å². The summed E-state index contributed by atoms with van der Waals surface area (Å²) in [6.45, 7) is 0. The van der Waals surface area contributed by atoms with Crippen molar-refractivity contribution in [3.63, 3.8) is 0 Å². The molecule has 0 saturated carbocycles. The van der Waals surface area contributed by atoms with Gasteiger partial charge in [0.25, 0.3) is 0 Å². The van der Waals surface area contributed by atoms with E-state index < -0.39 is 5.97 Å². The van der Waals surface area contributed by atoms with Crippen molar-refractivity contribution in [3.8, 4) is 0 Å². The third-order valence-corrected chi connectivity index (χ3v) is 3.80. The molecule has 0 radical (unpaired) electrons. The van der Waals surface area contributed by atoms with Crippen LogP contribution >= 0.6 is 23.6 Å². The SMILES string of the molecule is COC(=O)c1ccccc1NC(=S)NC(=O)/C=C\c1cccs1. The van der Waals surface area contributed by atoms with Crippen LogP contribution in [0.15, 0.2) is 47.9 Å². The van der Waals surface area contributed by atoms with E-state index in [9.17, 15) is 9.59 Å². The second-order valence-electron chi connectivity index (χ2n) is 4.33. The van der Waals surface area contributed by atoms with Gasteiger partial charge in [-0.1, -0.05) is 18.2 Å². The van der Waals surface area contributed by atoms with Crippen LogP contribution in [0.5, 0.6) is 0 Å². The number of hydrogen-bond donors (Lipinski definition) is 2. The lowest BCUT2D eigenvalue weighted by Crippen LogP contribution is -2.33. The molecule has 1 amide bonds. The molecule has 0 fully saturated rings. The molecule has 2 rings (SSSR count). The maximum absolute atomic E-state index is 11.8. The number of nitrogens with one attached hydrogen (secondary N) is 2. The Labute approximate surface area is 143 Å². The van der Waals surface area contributed by atoms with E-state index in [0.717, 1.165) is 4.88 Å². The first-order valence-electron chi connectivity index (χ1n) is 6.61. The number of esters is 1. The molecular formula is C16H14N2O3S2. The lowest BCUT2D eigenvalue weighted by molar-refractivity contribution is -0.115. The van der Waals surface area contributed by atoms with Crippen LogP contribution in [0.25, 0.3) is 6.08 Å². The van der Waals surface area contributed by atoms with Crippen molar-refractivity contribution in [1.29, 1.82) is 0 Å². The molecule has 0 aliphatic heterocycles. The van der Waals surface area contributed by atoms with Gasteiger partial charge in [0.05, 0.1) is 18.4 Å². The van der Waals surface area contributed by atoms with Crippen molar-refractivity contribution in [1.82, 2.24) is 5.32 Å². The standard InChI is InChI=1S/C16H14N2O3S2/c1-21-15(20)12-6-2-3-7-13(12)17-16(22)18-14(19)9-8-11-5-4-10-23-11/h2-10H,1H3,(H2,17,18,19,22)/b9-8-. The number of benzene rings is 1.